The van der Waals surface area contributed by atoms with Gasteiger partial charge in [0.05, 0.1) is 17.4 Å². The number of hydrogen-bond donors (Lipinski definition) is 3. The zero-order chi connectivity index (χ0) is 15.5. The minimum atomic E-state index is -0.138. The number of aromatic nitrogens is 5. The number of rotatable bonds is 5. The van der Waals surface area contributed by atoms with Crippen LogP contribution in [0.3, 0.4) is 0 Å². The summed E-state index contributed by atoms with van der Waals surface area (Å²) in [5, 5.41) is 9.93. The van der Waals surface area contributed by atoms with Gasteiger partial charge in [-0.3, -0.25) is 9.89 Å². The number of nitrogens with zero attached hydrogens (tertiary/aromatic N) is 3. The SMILES string of the molecule is CC(C)c1n[nH]c(CCNC(=O)c2cccc3[nH]cnc23)n1. The van der Waals surface area contributed by atoms with E-state index in [-0.39, 0.29) is 11.8 Å². The number of nitrogens with one attached hydrogen (secondary N) is 3. The van der Waals surface area contributed by atoms with E-state index in [4.69, 9.17) is 0 Å². The molecular weight excluding hydrogens is 280 g/mol. The first-order valence-electron chi connectivity index (χ1n) is 7.26. The molecule has 2 heterocycles. The third kappa shape index (κ3) is 2.83. The van der Waals surface area contributed by atoms with Gasteiger partial charge in [0.1, 0.15) is 11.3 Å². The average molecular weight is 298 g/mol. The van der Waals surface area contributed by atoms with E-state index < -0.39 is 0 Å². The summed E-state index contributed by atoms with van der Waals surface area (Å²) in [6.07, 6.45) is 2.20. The Balaban J connectivity index is 1.61. The van der Waals surface area contributed by atoms with E-state index in [0.717, 1.165) is 17.2 Å². The zero-order valence-electron chi connectivity index (χ0n) is 12.6. The molecule has 0 bridgehead atoms. The summed E-state index contributed by atoms with van der Waals surface area (Å²) in [4.78, 5) is 23.8. The van der Waals surface area contributed by atoms with Crippen molar-refractivity contribution in [1.82, 2.24) is 30.5 Å². The Hall–Kier alpha value is -2.70. The lowest BCUT2D eigenvalue weighted by molar-refractivity contribution is 0.0955. The fourth-order valence-electron chi connectivity index (χ4n) is 2.22. The fourth-order valence-corrected chi connectivity index (χ4v) is 2.22. The number of amides is 1. The summed E-state index contributed by atoms with van der Waals surface area (Å²) in [7, 11) is 0. The van der Waals surface area contributed by atoms with Crippen LogP contribution in [-0.4, -0.2) is 37.6 Å². The summed E-state index contributed by atoms with van der Waals surface area (Å²) in [6, 6.07) is 5.49. The number of carbonyl (C=O) groups excluding carboxylic acids is 1. The minimum Gasteiger partial charge on any atom is -0.352 e. The largest absolute Gasteiger partial charge is 0.352 e. The first-order chi connectivity index (χ1) is 10.6. The molecule has 0 atom stereocenters. The van der Waals surface area contributed by atoms with Crippen molar-refractivity contribution in [3.05, 3.63) is 41.7 Å². The fraction of sp³-hybridized carbons (Fsp3) is 0.333. The lowest BCUT2D eigenvalue weighted by Crippen LogP contribution is -2.26. The van der Waals surface area contributed by atoms with Crippen LogP contribution in [-0.2, 0) is 6.42 Å². The molecule has 114 valence electrons. The molecule has 1 amide bonds. The number of H-pyrrole nitrogens is 2. The predicted molar refractivity (Wildman–Crippen MR) is 82.6 cm³/mol. The Morgan fingerprint density at radius 1 is 1.36 bits per heavy atom. The molecular formula is C15H18N6O. The molecule has 3 N–H and O–H groups in total. The average Bonchev–Trinajstić information content (AvgIpc) is 3.15. The smallest absolute Gasteiger partial charge is 0.253 e. The van der Waals surface area contributed by atoms with Crippen LogP contribution in [0.5, 0.6) is 0 Å². The van der Waals surface area contributed by atoms with E-state index in [9.17, 15) is 4.79 Å². The Morgan fingerprint density at radius 2 is 2.23 bits per heavy atom. The van der Waals surface area contributed by atoms with E-state index in [2.05, 4.69) is 30.5 Å². The van der Waals surface area contributed by atoms with Crippen molar-refractivity contribution in [1.29, 1.82) is 0 Å². The highest BCUT2D eigenvalue weighted by molar-refractivity contribution is 6.04. The highest BCUT2D eigenvalue weighted by Crippen LogP contribution is 2.14. The third-order valence-electron chi connectivity index (χ3n) is 3.41. The van der Waals surface area contributed by atoms with E-state index in [1.807, 2.05) is 26.0 Å². The van der Waals surface area contributed by atoms with E-state index in [1.165, 1.54) is 0 Å². The molecule has 0 spiro atoms. The molecule has 3 rings (SSSR count). The second-order valence-corrected chi connectivity index (χ2v) is 5.41. The highest BCUT2D eigenvalue weighted by Gasteiger charge is 2.12. The summed E-state index contributed by atoms with van der Waals surface area (Å²) < 4.78 is 0. The Labute approximate surface area is 127 Å². The van der Waals surface area contributed by atoms with Crippen LogP contribution in [0, 0.1) is 0 Å². The number of para-hydroxylation sites is 1. The number of hydrogen-bond acceptors (Lipinski definition) is 4. The van der Waals surface area contributed by atoms with Crippen LogP contribution in [0.25, 0.3) is 11.0 Å². The van der Waals surface area contributed by atoms with Gasteiger partial charge in [0, 0.05) is 18.9 Å². The normalized spacial score (nSPS) is 11.2. The van der Waals surface area contributed by atoms with Gasteiger partial charge in [-0.15, -0.1) is 0 Å². The molecule has 7 nitrogen and oxygen atoms in total. The van der Waals surface area contributed by atoms with E-state index in [1.54, 1.807) is 12.4 Å². The first-order valence-corrected chi connectivity index (χ1v) is 7.26. The molecule has 0 saturated carbocycles. The van der Waals surface area contributed by atoms with Crippen molar-refractivity contribution < 1.29 is 4.79 Å². The predicted octanol–water partition coefficient (Wildman–Crippen LogP) is 1.78. The van der Waals surface area contributed by atoms with Gasteiger partial charge in [-0.1, -0.05) is 19.9 Å². The second-order valence-electron chi connectivity index (χ2n) is 5.41. The van der Waals surface area contributed by atoms with Gasteiger partial charge in [0.15, 0.2) is 5.82 Å². The van der Waals surface area contributed by atoms with Crippen LogP contribution < -0.4 is 5.32 Å². The van der Waals surface area contributed by atoms with Gasteiger partial charge in [0.25, 0.3) is 5.91 Å². The van der Waals surface area contributed by atoms with Crippen molar-refractivity contribution in [2.45, 2.75) is 26.2 Å². The van der Waals surface area contributed by atoms with E-state index in [0.29, 0.717) is 24.0 Å². The first kappa shape index (κ1) is 14.2. The van der Waals surface area contributed by atoms with Crippen LogP contribution in [0.4, 0.5) is 0 Å². The van der Waals surface area contributed by atoms with Gasteiger partial charge in [-0.2, -0.15) is 5.10 Å². The molecule has 0 aliphatic carbocycles. The van der Waals surface area contributed by atoms with E-state index >= 15 is 0 Å². The maximum Gasteiger partial charge on any atom is 0.253 e. The molecule has 0 radical (unpaired) electrons. The van der Waals surface area contributed by atoms with Crippen molar-refractivity contribution >= 4 is 16.9 Å². The van der Waals surface area contributed by atoms with Crippen molar-refractivity contribution in [3.8, 4) is 0 Å². The molecule has 0 saturated heterocycles. The summed E-state index contributed by atoms with van der Waals surface area (Å²) >= 11 is 0. The lowest BCUT2D eigenvalue weighted by atomic mass is 10.1. The van der Waals surface area contributed by atoms with Crippen LogP contribution >= 0.6 is 0 Å². The Morgan fingerprint density at radius 3 is 3.00 bits per heavy atom. The van der Waals surface area contributed by atoms with Crippen molar-refractivity contribution in [2.24, 2.45) is 0 Å². The molecule has 0 unspecified atom stereocenters. The third-order valence-corrected chi connectivity index (χ3v) is 3.41. The lowest BCUT2D eigenvalue weighted by Gasteiger charge is -2.04. The number of fused-ring (bicyclic) bond motifs is 1. The number of imidazole rings is 1. The molecule has 22 heavy (non-hydrogen) atoms. The summed E-state index contributed by atoms with van der Waals surface area (Å²) in [6.45, 7) is 4.57. The molecule has 0 aliphatic rings. The molecule has 1 aromatic carbocycles. The number of aromatic amines is 2. The molecule has 0 aliphatic heterocycles. The van der Waals surface area contributed by atoms with Gasteiger partial charge in [0.2, 0.25) is 0 Å². The number of benzene rings is 1. The quantitative estimate of drug-likeness (QED) is 0.668. The molecule has 7 heteroatoms. The van der Waals surface area contributed by atoms with Gasteiger partial charge < -0.3 is 10.3 Å². The zero-order valence-corrected chi connectivity index (χ0v) is 12.6. The summed E-state index contributed by atoms with van der Waals surface area (Å²) in [5.74, 6) is 1.72. The molecule has 3 aromatic rings. The van der Waals surface area contributed by atoms with Crippen LogP contribution in [0.2, 0.25) is 0 Å². The van der Waals surface area contributed by atoms with Crippen molar-refractivity contribution in [2.75, 3.05) is 6.54 Å². The highest BCUT2D eigenvalue weighted by atomic mass is 16.1. The standard InChI is InChI=1S/C15H18N6O/c1-9(2)14-19-12(20-21-14)6-7-16-15(22)10-4-3-5-11-13(10)18-8-17-11/h3-5,8-9H,6-7H2,1-2H3,(H,16,22)(H,17,18)(H,19,20,21). The Kier molecular flexibility index (Phi) is 3.86. The molecule has 2 aromatic heterocycles. The van der Waals surface area contributed by atoms with Gasteiger partial charge in [-0.05, 0) is 12.1 Å². The van der Waals surface area contributed by atoms with Crippen molar-refractivity contribution in [3.63, 3.8) is 0 Å². The van der Waals surface area contributed by atoms with Gasteiger partial charge in [-0.25, -0.2) is 9.97 Å². The van der Waals surface area contributed by atoms with Crippen LogP contribution in [0.1, 0.15) is 41.8 Å². The van der Waals surface area contributed by atoms with Gasteiger partial charge >= 0.3 is 0 Å². The minimum absolute atomic E-state index is 0.138. The second kappa shape index (κ2) is 5.97. The monoisotopic (exact) mass is 298 g/mol. The number of carbonyl (C=O) groups is 1. The Bertz CT molecular complexity index is 788. The topological polar surface area (TPSA) is 99.3 Å². The van der Waals surface area contributed by atoms with Crippen LogP contribution in [0.15, 0.2) is 24.5 Å². The maximum absolute atomic E-state index is 12.2. The summed E-state index contributed by atoms with van der Waals surface area (Å²) in [5.41, 5.74) is 2.10. The maximum atomic E-state index is 12.2. The molecule has 0 fully saturated rings.